The van der Waals surface area contributed by atoms with Crippen LogP contribution in [0.5, 0.6) is 0 Å². The molecule has 0 fully saturated rings. The molecule has 0 bridgehead atoms. The lowest BCUT2D eigenvalue weighted by Gasteiger charge is -1.95. The monoisotopic (exact) mass is 253 g/mol. The van der Waals surface area contributed by atoms with Crippen molar-refractivity contribution in [2.75, 3.05) is 7.05 Å². The van der Waals surface area contributed by atoms with Crippen LogP contribution in [0.1, 0.15) is 11.3 Å². The minimum absolute atomic E-state index is 0.771. The zero-order valence-electron chi connectivity index (χ0n) is 8.23. The van der Waals surface area contributed by atoms with Crippen LogP contribution in [0.15, 0.2) is 27.1 Å². The fourth-order valence-corrected chi connectivity index (χ4v) is 2.28. The number of halogens is 1. The zero-order valence-corrected chi connectivity index (χ0v) is 9.81. The Morgan fingerprint density at radius 2 is 2.21 bits per heavy atom. The van der Waals surface area contributed by atoms with Gasteiger partial charge in [-0.15, -0.1) is 0 Å². The highest BCUT2D eigenvalue weighted by molar-refractivity contribution is 9.10. The first-order chi connectivity index (χ1) is 6.74. The maximum Gasteiger partial charge on any atom is 0.135 e. The van der Waals surface area contributed by atoms with Crippen molar-refractivity contribution in [1.29, 1.82) is 0 Å². The quantitative estimate of drug-likeness (QED) is 0.890. The summed E-state index contributed by atoms with van der Waals surface area (Å²) in [7, 11) is 1.92. The Balaban J connectivity index is 2.68. The normalized spacial score (nSPS) is 11.1. The molecule has 0 unspecified atom stereocenters. The number of rotatable bonds is 2. The van der Waals surface area contributed by atoms with E-state index in [0.29, 0.717) is 0 Å². The highest BCUT2D eigenvalue weighted by Gasteiger charge is 2.11. The van der Waals surface area contributed by atoms with E-state index in [9.17, 15) is 0 Å². The van der Waals surface area contributed by atoms with Gasteiger partial charge in [-0.05, 0) is 26.1 Å². The van der Waals surface area contributed by atoms with Gasteiger partial charge in [-0.3, -0.25) is 0 Å². The number of nitrogens with one attached hydrogen (secondary N) is 1. The SMILES string of the molecule is CNCc1oc2cccc(Br)c2c1C. The Kier molecular flexibility index (Phi) is 2.61. The van der Waals surface area contributed by atoms with Crippen molar-refractivity contribution in [3.8, 4) is 0 Å². The van der Waals surface area contributed by atoms with Gasteiger partial charge in [-0.25, -0.2) is 0 Å². The third kappa shape index (κ3) is 1.47. The van der Waals surface area contributed by atoms with Gasteiger partial charge in [0.05, 0.1) is 6.54 Å². The average Bonchev–Trinajstić information content (AvgIpc) is 2.46. The van der Waals surface area contributed by atoms with Gasteiger partial charge in [0, 0.05) is 15.4 Å². The molecule has 2 aromatic rings. The second-order valence-corrected chi connectivity index (χ2v) is 4.15. The second-order valence-electron chi connectivity index (χ2n) is 3.29. The van der Waals surface area contributed by atoms with E-state index < -0.39 is 0 Å². The van der Waals surface area contributed by atoms with Crippen LogP contribution in [0.2, 0.25) is 0 Å². The van der Waals surface area contributed by atoms with Crippen LogP contribution in [0.4, 0.5) is 0 Å². The molecule has 0 saturated carbocycles. The van der Waals surface area contributed by atoms with Gasteiger partial charge in [0.25, 0.3) is 0 Å². The molecule has 74 valence electrons. The predicted molar refractivity (Wildman–Crippen MR) is 61.4 cm³/mol. The molecular weight excluding hydrogens is 242 g/mol. The predicted octanol–water partition coefficient (Wildman–Crippen LogP) is 3.22. The van der Waals surface area contributed by atoms with Gasteiger partial charge < -0.3 is 9.73 Å². The molecule has 1 aromatic carbocycles. The van der Waals surface area contributed by atoms with Gasteiger partial charge >= 0.3 is 0 Å². The summed E-state index contributed by atoms with van der Waals surface area (Å²) >= 11 is 3.53. The lowest BCUT2D eigenvalue weighted by atomic mass is 10.1. The summed E-state index contributed by atoms with van der Waals surface area (Å²) in [4.78, 5) is 0. The van der Waals surface area contributed by atoms with Crippen molar-refractivity contribution in [3.63, 3.8) is 0 Å². The maximum atomic E-state index is 5.73. The minimum atomic E-state index is 0.771. The number of benzene rings is 1. The van der Waals surface area contributed by atoms with Crippen molar-refractivity contribution in [1.82, 2.24) is 5.32 Å². The summed E-state index contributed by atoms with van der Waals surface area (Å²) in [6.45, 7) is 2.86. The molecule has 2 nitrogen and oxygen atoms in total. The molecule has 0 aliphatic rings. The van der Waals surface area contributed by atoms with E-state index >= 15 is 0 Å². The van der Waals surface area contributed by atoms with Gasteiger partial charge in [-0.2, -0.15) is 0 Å². The van der Waals surface area contributed by atoms with Crippen LogP contribution in [0.3, 0.4) is 0 Å². The Hall–Kier alpha value is -0.800. The first kappa shape index (κ1) is 9.74. The second kappa shape index (κ2) is 3.75. The lowest BCUT2D eigenvalue weighted by Crippen LogP contribution is -2.04. The Morgan fingerprint density at radius 1 is 1.43 bits per heavy atom. The highest BCUT2D eigenvalue weighted by atomic mass is 79.9. The molecule has 0 spiro atoms. The van der Waals surface area contributed by atoms with Gasteiger partial charge in [0.15, 0.2) is 0 Å². The molecule has 14 heavy (non-hydrogen) atoms. The molecule has 0 atom stereocenters. The summed E-state index contributed by atoms with van der Waals surface area (Å²) < 4.78 is 6.82. The number of furan rings is 1. The van der Waals surface area contributed by atoms with E-state index in [1.165, 1.54) is 10.9 Å². The first-order valence-electron chi connectivity index (χ1n) is 4.55. The third-order valence-corrected chi connectivity index (χ3v) is 3.00. The largest absolute Gasteiger partial charge is 0.459 e. The number of hydrogen-bond donors (Lipinski definition) is 1. The summed E-state index contributed by atoms with van der Waals surface area (Å²) in [5.74, 6) is 1.01. The smallest absolute Gasteiger partial charge is 0.135 e. The Labute approximate surface area is 91.4 Å². The van der Waals surface area contributed by atoms with Gasteiger partial charge in [0.2, 0.25) is 0 Å². The van der Waals surface area contributed by atoms with Crippen molar-refractivity contribution in [3.05, 3.63) is 34.0 Å². The third-order valence-electron chi connectivity index (χ3n) is 2.34. The zero-order chi connectivity index (χ0) is 10.1. The number of fused-ring (bicyclic) bond motifs is 1. The highest BCUT2D eigenvalue weighted by Crippen LogP contribution is 2.31. The van der Waals surface area contributed by atoms with Gasteiger partial charge in [-0.1, -0.05) is 22.0 Å². The van der Waals surface area contributed by atoms with Crippen molar-refractivity contribution < 1.29 is 4.42 Å². The van der Waals surface area contributed by atoms with Crippen LogP contribution in [-0.2, 0) is 6.54 Å². The van der Waals surface area contributed by atoms with E-state index in [2.05, 4.69) is 28.2 Å². The molecule has 0 aliphatic carbocycles. The van der Waals surface area contributed by atoms with Gasteiger partial charge in [0.1, 0.15) is 11.3 Å². The van der Waals surface area contributed by atoms with Crippen LogP contribution in [0.25, 0.3) is 11.0 Å². The molecule has 2 rings (SSSR count). The van der Waals surface area contributed by atoms with E-state index in [-0.39, 0.29) is 0 Å². The van der Waals surface area contributed by atoms with Crippen LogP contribution in [0, 0.1) is 6.92 Å². The van der Waals surface area contributed by atoms with Crippen molar-refractivity contribution >= 4 is 26.9 Å². The molecule has 0 saturated heterocycles. The Morgan fingerprint density at radius 3 is 2.86 bits per heavy atom. The minimum Gasteiger partial charge on any atom is -0.459 e. The lowest BCUT2D eigenvalue weighted by molar-refractivity contribution is 0.527. The average molecular weight is 254 g/mol. The standard InChI is InChI=1S/C11H12BrNO/c1-7-10(6-13-2)14-9-5-3-4-8(12)11(7)9/h3-5,13H,6H2,1-2H3. The van der Waals surface area contributed by atoms with Crippen LogP contribution < -0.4 is 5.32 Å². The summed E-state index contributed by atoms with van der Waals surface area (Å²) in [6.07, 6.45) is 0. The Bertz CT molecular complexity index is 462. The van der Waals surface area contributed by atoms with Crippen LogP contribution in [-0.4, -0.2) is 7.05 Å². The molecule has 0 radical (unpaired) electrons. The van der Waals surface area contributed by atoms with Crippen molar-refractivity contribution in [2.45, 2.75) is 13.5 Å². The van der Waals surface area contributed by atoms with E-state index in [1.807, 2.05) is 25.2 Å². The summed E-state index contributed by atoms with van der Waals surface area (Å²) in [5, 5.41) is 4.27. The topological polar surface area (TPSA) is 25.2 Å². The first-order valence-corrected chi connectivity index (χ1v) is 5.34. The summed E-state index contributed by atoms with van der Waals surface area (Å²) in [6, 6.07) is 6.01. The summed E-state index contributed by atoms with van der Waals surface area (Å²) in [5.41, 5.74) is 2.16. The van der Waals surface area contributed by atoms with E-state index in [0.717, 1.165) is 22.4 Å². The molecular formula is C11H12BrNO. The molecule has 1 heterocycles. The molecule has 1 N–H and O–H groups in total. The van der Waals surface area contributed by atoms with E-state index in [4.69, 9.17) is 4.42 Å². The number of hydrogen-bond acceptors (Lipinski definition) is 2. The molecule has 3 heteroatoms. The molecule has 1 aromatic heterocycles. The van der Waals surface area contributed by atoms with Crippen molar-refractivity contribution in [2.24, 2.45) is 0 Å². The number of aryl methyl sites for hydroxylation is 1. The fourth-order valence-electron chi connectivity index (χ4n) is 1.63. The van der Waals surface area contributed by atoms with E-state index in [1.54, 1.807) is 0 Å². The molecule has 0 amide bonds. The van der Waals surface area contributed by atoms with Crippen LogP contribution >= 0.6 is 15.9 Å². The maximum absolute atomic E-state index is 5.73. The molecule has 0 aliphatic heterocycles. The fraction of sp³-hybridized carbons (Fsp3) is 0.273.